The average molecular weight is 243 g/mol. The lowest BCUT2D eigenvalue weighted by Gasteiger charge is -2.09. The molecule has 0 radical (unpaired) electrons. The quantitative estimate of drug-likeness (QED) is 0.769. The van der Waals surface area contributed by atoms with E-state index in [0.29, 0.717) is 12.1 Å². The summed E-state index contributed by atoms with van der Waals surface area (Å²) < 4.78 is 0. The van der Waals surface area contributed by atoms with E-state index >= 15 is 0 Å². The van der Waals surface area contributed by atoms with Crippen LogP contribution in [0.5, 0.6) is 0 Å². The molecule has 0 aliphatic heterocycles. The van der Waals surface area contributed by atoms with Gasteiger partial charge in [-0.2, -0.15) is 0 Å². The van der Waals surface area contributed by atoms with Crippen LogP contribution in [0.3, 0.4) is 0 Å². The normalized spacial score (nSPS) is 12.1. The maximum atomic E-state index is 11.6. The number of carbonyl (C=O) groups excluding carboxylic acids is 1. The van der Waals surface area contributed by atoms with Crippen LogP contribution in [0.25, 0.3) is 0 Å². The molecule has 0 fully saturated rings. The summed E-state index contributed by atoms with van der Waals surface area (Å²) in [4.78, 5) is 25.0. The predicted octanol–water partition coefficient (Wildman–Crippen LogP) is 1.51. The molecule has 0 saturated heterocycles. The Balaban J connectivity index is 2.50. The van der Waals surface area contributed by atoms with Crippen LogP contribution in [-0.4, -0.2) is 22.8 Å². The van der Waals surface area contributed by atoms with Gasteiger partial charge in [0.2, 0.25) is 5.56 Å². The van der Waals surface area contributed by atoms with Crippen LogP contribution in [-0.2, 0) is 0 Å². The van der Waals surface area contributed by atoms with Crippen LogP contribution < -0.4 is 10.9 Å². The Hall–Kier alpha value is -1.29. The first kappa shape index (κ1) is 12.8. The van der Waals surface area contributed by atoms with Crippen molar-refractivity contribution in [1.82, 2.24) is 10.3 Å². The molecular weight excluding hydrogens is 228 g/mol. The van der Waals surface area contributed by atoms with Gasteiger partial charge in [-0.25, -0.2) is 0 Å². The molecule has 0 aliphatic rings. The Bertz CT molecular complexity index is 403. The summed E-state index contributed by atoms with van der Waals surface area (Å²) in [7, 11) is 0. The maximum Gasteiger partial charge on any atom is 0.251 e. The average Bonchev–Trinajstić information content (AvgIpc) is 2.26. The van der Waals surface area contributed by atoms with E-state index in [1.165, 1.54) is 12.3 Å². The number of aromatic amines is 1. The van der Waals surface area contributed by atoms with Gasteiger partial charge >= 0.3 is 0 Å². The number of aromatic nitrogens is 1. The first-order valence-corrected chi connectivity index (χ1v) is 5.68. The largest absolute Gasteiger partial charge is 0.351 e. The Morgan fingerprint density at radius 2 is 2.38 bits per heavy atom. The number of pyridine rings is 1. The first-order valence-electron chi connectivity index (χ1n) is 5.24. The van der Waals surface area contributed by atoms with Crippen LogP contribution in [0.4, 0.5) is 0 Å². The van der Waals surface area contributed by atoms with Gasteiger partial charge in [-0.1, -0.05) is 13.3 Å². The molecule has 16 heavy (non-hydrogen) atoms. The van der Waals surface area contributed by atoms with Gasteiger partial charge in [0, 0.05) is 24.4 Å². The molecule has 1 aromatic heterocycles. The molecule has 0 aromatic carbocycles. The molecule has 1 atom stereocenters. The molecular formula is C11H15ClN2O2. The van der Waals surface area contributed by atoms with E-state index in [9.17, 15) is 9.59 Å². The van der Waals surface area contributed by atoms with Gasteiger partial charge in [-0.3, -0.25) is 9.59 Å². The summed E-state index contributed by atoms with van der Waals surface area (Å²) in [6, 6.07) is 2.82. The summed E-state index contributed by atoms with van der Waals surface area (Å²) in [6.07, 6.45) is 3.29. The Kier molecular flexibility index (Phi) is 5.05. The van der Waals surface area contributed by atoms with E-state index < -0.39 is 0 Å². The van der Waals surface area contributed by atoms with Gasteiger partial charge in [0.05, 0.1) is 5.38 Å². The number of hydrogen-bond acceptors (Lipinski definition) is 2. The second-order valence-electron chi connectivity index (χ2n) is 3.54. The standard InChI is InChI=1S/C11H15ClN2O2/c1-2-3-9(12)7-14-11(16)8-4-5-13-10(15)6-8/h4-6,9H,2-3,7H2,1H3,(H,13,15)(H,14,16). The lowest BCUT2D eigenvalue weighted by molar-refractivity contribution is 0.0953. The van der Waals surface area contributed by atoms with Crippen molar-refractivity contribution >= 4 is 17.5 Å². The van der Waals surface area contributed by atoms with Crippen molar-refractivity contribution in [3.8, 4) is 0 Å². The van der Waals surface area contributed by atoms with Gasteiger partial charge in [-0.05, 0) is 12.5 Å². The highest BCUT2D eigenvalue weighted by Crippen LogP contribution is 2.03. The van der Waals surface area contributed by atoms with Crippen molar-refractivity contribution in [3.63, 3.8) is 0 Å². The summed E-state index contributed by atoms with van der Waals surface area (Å²) in [6.45, 7) is 2.45. The predicted molar refractivity (Wildman–Crippen MR) is 63.9 cm³/mol. The van der Waals surface area contributed by atoms with Crippen molar-refractivity contribution in [3.05, 3.63) is 34.2 Å². The fourth-order valence-electron chi connectivity index (χ4n) is 1.31. The van der Waals surface area contributed by atoms with Gasteiger partial charge in [0.1, 0.15) is 0 Å². The van der Waals surface area contributed by atoms with Crippen molar-refractivity contribution in [1.29, 1.82) is 0 Å². The number of hydrogen-bond donors (Lipinski definition) is 2. The maximum absolute atomic E-state index is 11.6. The van der Waals surface area contributed by atoms with E-state index in [0.717, 1.165) is 12.8 Å². The van der Waals surface area contributed by atoms with E-state index in [4.69, 9.17) is 11.6 Å². The number of nitrogens with one attached hydrogen (secondary N) is 2. The lowest BCUT2D eigenvalue weighted by Crippen LogP contribution is -2.30. The number of alkyl halides is 1. The Morgan fingerprint density at radius 1 is 1.62 bits per heavy atom. The molecule has 1 amide bonds. The molecule has 0 bridgehead atoms. The third-order valence-corrected chi connectivity index (χ3v) is 2.50. The molecule has 5 heteroatoms. The topological polar surface area (TPSA) is 62.0 Å². The minimum Gasteiger partial charge on any atom is -0.351 e. The fourth-order valence-corrected chi connectivity index (χ4v) is 1.60. The molecule has 0 spiro atoms. The molecule has 1 heterocycles. The number of carbonyl (C=O) groups is 1. The molecule has 1 rings (SSSR count). The first-order chi connectivity index (χ1) is 7.63. The number of rotatable bonds is 5. The molecule has 88 valence electrons. The third kappa shape index (κ3) is 4.06. The second-order valence-corrected chi connectivity index (χ2v) is 4.15. The zero-order valence-corrected chi connectivity index (χ0v) is 9.88. The minimum atomic E-state index is -0.288. The molecule has 4 nitrogen and oxygen atoms in total. The van der Waals surface area contributed by atoms with Crippen molar-refractivity contribution in [2.45, 2.75) is 25.1 Å². The summed E-state index contributed by atoms with van der Waals surface area (Å²) >= 11 is 5.96. The van der Waals surface area contributed by atoms with Crippen molar-refractivity contribution < 1.29 is 4.79 Å². The van der Waals surface area contributed by atoms with Gasteiger partial charge < -0.3 is 10.3 Å². The van der Waals surface area contributed by atoms with Crippen LogP contribution in [0.15, 0.2) is 23.1 Å². The Labute approximate surface area is 99.0 Å². The van der Waals surface area contributed by atoms with Crippen molar-refractivity contribution in [2.75, 3.05) is 6.54 Å². The Morgan fingerprint density at radius 3 is 3.00 bits per heavy atom. The third-order valence-electron chi connectivity index (χ3n) is 2.12. The van der Waals surface area contributed by atoms with Crippen LogP contribution in [0.1, 0.15) is 30.1 Å². The monoisotopic (exact) mass is 242 g/mol. The van der Waals surface area contributed by atoms with Crippen LogP contribution >= 0.6 is 11.6 Å². The second kappa shape index (κ2) is 6.33. The number of amides is 1. The summed E-state index contributed by atoms with van der Waals surface area (Å²) in [5, 5.41) is 2.63. The smallest absolute Gasteiger partial charge is 0.251 e. The zero-order chi connectivity index (χ0) is 12.0. The summed E-state index contributed by atoms with van der Waals surface area (Å²) in [5.74, 6) is -0.271. The minimum absolute atomic E-state index is 0.0593. The van der Waals surface area contributed by atoms with Crippen LogP contribution in [0, 0.1) is 0 Å². The van der Waals surface area contributed by atoms with E-state index in [-0.39, 0.29) is 16.8 Å². The molecule has 1 aromatic rings. The van der Waals surface area contributed by atoms with E-state index in [1.807, 2.05) is 6.92 Å². The lowest BCUT2D eigenvalue weighted by atomic mass is 10.2. The number of H-pyrrole nitrogens is 1. The van der Waals surface area contributed by atoms with Gasteiger partial charge in [0.15, 0.2) is 0 Å². The molecule has 0 aliphatic carbocycles. The van der Waals surface area contributed by atoms with E-state index in [1.54, 1.807) is 6.07 Å². The SMILES string of the molecule is CCCC(Cl)CNC(=O)c1cc[nH]c(=O)c1. The highest BCUT2D eigenvalue weighted by atomic mass is 35.5. The highest BCUT2D eigenvalue weighted by molar-refractivity contribution is 6.20. The fraction of sp³-hybridized carbons (Fsp3) is 0.455. The number of halogens is 1. The van der Waals surface area contributed by atoms with E-state index in [2.05, 4.69) is 10.3 Å². The van der Waals surface area contributed by atoms with Gasteiger partial charge in [-0.15, -0.1) is 11.6 Å². The zero-order valence-electron chi connectivity index (χ0n) is 9.13. The van der Waals surface area contributed by atoms with Crippen molar-refractivity contribution in [2.24, 2.45) is 0 Å². The van der Waals surface area contributed by atoms with Crippen LogP contribution in [0.2, 0.25) is 0 Å². The molecule has 1 unspecified atom stereocenters. The molecule has 2 N–H and O–H groups in total. The van der Waals surface area contributed by atoms with Gasteiger partial charge in [0.25, 0.3) is 5.91 Å². The molecule has 0 saturated carbocycles. The highest BCUT2D eigenvalue weighted by Gasteiger charge is 2.08. The summed E-state index contributed by atoms with van der Waals surface area (Å²) in [5.41, 5.74) is 0.0627.